The lowest BCUT2D eigenvalue weighted by atomic mass is 10.2. The van der Waals surface area contributed by atoms with Crippen molar-refractivity contribution in [3.05, 3.63) is 76.0 Å². The van der Waals surface area contributed by atoms with E-state index in [9.17, 15) is 5.26 Å². The van der Waals surface area contributed by atoms with E-state index < -0.39 is 0 Å². The van der Waals surface area contributed by atoms with Gasteiger partial charge in [-0.1, -0.05) is 28.1 Å². The minimum Gasteiger partial charge on any atom is -0.487 e. The van der Waals surface area contributed by atoms with Crippen molar-refractivity contribution in [2.75, 3.05) is 0 Å². The molecule has 7 heteroatoms. The predicted octanol–water partition coefficient (Wildman–Crippen LogP) is 7.07. The molecule has 0 saturated carbocycles. The van der Waals surface area contributed by atoms with Crippen LogP contribution in [0.5, 0.6) is 5.75 Å². The van der Waals surface area contributed by atoms with Gasteiger partial charge < -0.3 is 9.15 Å². The van der Waals surface area contributed by atoms with Crippen LogP contribution in [0.2, 0.25) is 0 Å². The summed E-state index contributed by atoms with van der Waals surface area (Å²) in [4.78, 5) is 4.38. The van der Waals surface area contributed by atoms with Crippen LogP contribution in [-0.2, 0) is 6.61 Å². The lowest BCUT2D eigenvalue weighted by molar-refractivity contribution is 0.301. The second-order valence-electron chi connectivity index (χ2n) is 6.06. The third kappa shape index (κ3) is 4.96. The van der Waals surface area contributed by atoms with Crippen molar-refractivity contribution >= 4 is 73.2 Å². The smallest absolute Gasteiger partial charge is 0.237 e. The van der Waals surface area contributed by atoms with Gasteiger partial charge in [0.15, 0.2) is 0 Å². The SMILES string of the molecule is Cc1oc(N=Cc2cc(I)c(OCc3ccc(Br)cc3)c(I)c2)c(C#N)c1C. The molecule has 0 aliphatic carbocycles. The molecule has 0 fully saturated rings. The molecular weight excluding hydrogens is 646 g/mol. The number of hydrogen-bond donors (Lipinski definition) is 0. The van der Waals surface area contributed by atoms with E-state index in [0.29, 0.717) is 23.8 Å². The average molecular weight is 661 g/mol. The number of furan rings is 1. The Hall–Kier alpha value is -1.38. The van der Waals surface area contributed by atoms with Crippen LogP contribution in [0.25, 0.3) is 0 Å². The summed E-state index contributed by atoms with van der Waals surface area (Å²) < 4.78 is 14.7. The predicted molar refractivity (Wildman–Crippen MR) is 131 cm³/mol. The van der Waals surface area contributed by atoms with Gasteiger partial charge >= 0.3 is 0 Å². The van der Waals surface area contributed by atoms with Crippen LogP contribution in [0, 0.1) is 32.3 Å². The van der Waals surface area contributed by atoms with Crippen molar-refractivity contribution in [3.8, 4) is 11.8 Å². The van der Waals surface area contributed by atoms with Crippen molar-refractivity contribution in [3.63, 3.8) is 0 Å². The highest BCUT2D eigenvalue weighted by molar-refractivity contribution is 14.1. The minimum atomic E-state index is 0.345. The molecule has 0 unspecified atom stereocenters. The summed E-state index contributed by atoms with van der Waals surface area (Å²) in [6.45, 7) is 4.20. The molecule has 4 nitrogen and oxygen atoms in total. The second-order valence-corrected chi connectivity index (χ2v) is 9.30. The molecule has 3 rings (SSSR count). The number of ether oxygens (including phenoxy) is 1. The van der Waals surface area contributed by atoms with Gasteiger partial charge in [0.05, 0.1) is 7.14 Å². The lowest BCUT2D eigenvalue weighted by Gasteiger charge is -2.11. The third-order valence-electron chi connectivity index (χ3n) is 4.13. The molecule has 3 aromatic rings. The highest BCUT2D eigenvalue weighted by atomic mass is 127. The van der Waals surface area contributed by atoms with Crippen molar-refractivity contribution in [2.24, 2.45) is 4.99 Å². The topological polar surface area (TPSA) is 58.5 Å². The molecule has 0 spiro atoms. The number of halogens is 3. The zero-order valence-electron chi connectivity index (χ0n) is 15.1. The molecule has 0 saturated heterocycles. The highest BCUT2D eigenvalue weighted by Crippen LogP contribution is 2.31. The monoisotopic (exact) mass is 660 g/mol. The van der Waals surface area contributed by atoms with Crippen LogP contribution in [0.3, 0.4) is 0 Å². The van der Waals surface area contributed by atoms with E-state index in [-0.39, 0.29) is 0 Å². The Morgan fingerprint density at radius 3 is 2.43 bits per heavy atom. The maximum absolute atomic E-state index is 9.30. The van der Waals surface area contributed by atoms with E-state index in [1.165, 1.54) is 0 Å². The van der Waals surface area contributed by atoms with Gasteiger partial charge in [0.1, 0.15) is 29.7 Å². The molecule has 2 aromatic carbocycles. The van der Waals surface area contributed by atoms with Crippen molar-refractivity contribution < 1.29 is 9.15 Å². The largest absolute Gasteiger partial charge is 0.487 e. The molecule has 0 radical (unpaired) electrons. The van der Waals surface area contributed by atoms with Gasteiger partial charge in [0.25, 0.3) is 0 Å². The summed E-state index contributed by atoms with van der Waals surface area (Å²) in [5.74, 6) is 1.91. The van der Waals surface area contributed by atoms with Crippen LogP contribution >= 0.6 is 61.1 Å². The summed E-state index contributed by atoms with van der Waals surface area (Å²) in [7, 11) is 0. The Morgan fingerprint density at radius 2 is 1.82 bits per heavy atom. The summed E-state index contributed by atoms with van der Waals surface area (Å²) in [5, 5.41) is 9.30. The first-order chi connectivity index (χ1) is 13.4. The normalized spacial score (nSPS) is 11.0. The zero-order valence-corrected chi connectivity index (χ0v) is 21.0. The Morgan fingerprint density at radius 1 is 1.18 bits per heavy atom. The van der Waals surface area contributed by atoms with Gasteiger partial charge in [0, 0.05) is 16.3 Å². The number of hydrogen-bond acceptors (Lipinski definition) is 4. The van der Waals surface area contributed by atoms with Gasteiger partial charge in [-0.05, 0) is 94.4 Å². The zero-order chi connectivity index (χ0) is 20.3. The summed E-state index contributed by atoms with van der Waals surface area (Å²) in [6.07, 6.45) is 1.71. The van der Waals surface area contributed by atoms with Crippen LogP contribution in [-0.4, -0.2) is 6.21 Å². The van der Waals surface area contributed by atoms with Crippen LogP contribution < -0.4 is 4.74 Å². The van der Waals surface area contributed by atoms with Crippen molar-refractivity contribution in [1.29, 1.82) is 5.26 Å². The van der Waals surface area contributed by atoms with E-state index in [4.69, 9.17) is 9.15 Å². The van der Waals surface area contributed by atoms with E-state index in [2.05, 4.69) is 72.2 Å². The van der Waals surface area contributed by atoms with Gasteiger partial charge in [-0.3, -0.25) is 0 Å². The summed E-state index contributed by atoms with van der Waals surface area (Å²) >= 11 is 7.96. The van der Waals surface area contributed by atoms with E-state index >= 15 is 0 Å². The number of benzene rings is 2. The number of aryl methyl sites for hydroxylation is 1. The molecule has 142 valence electrons. The van der Waals surface area contributed by atoms with Crippen molar-refractivity contribution in [2.45, 2.75) is 20.5 Å². The lowest BCUT2D eigenvalue weighted by Crippen LogP contribution is -2.00. The first-order valence-electron chi connectivity index (χ1n) is 8.29. The maximum atomic E-state index is 9.30. The molecule has 0 bridgehead atoms. The first kappa shape index (κ1) is 21.3. The molecule has 1 heterocycles. The molecule has 0 atom stereocenters. The third-order valence-corrected chi connectivity index (χ3v) is 6.26. The van der Waals surface area contributed by atoms with Crippen LogP contribution in [0.15, 0.2) is 50.3 Å². The van der Waals surface area contributed by atoms with E-state index in [1.807, 2.05) is 50.2 Å². The van der Waals surface area contributed by atoms with Crippen molar-refractivity contribution in [1.82, 2.24) is 0 Å². The summed E-state index contributed by atoms with van der Waals surface area (Å²) in [6, 6.07) is 14.2. The second kappa shape index (κ2) is 9.41. The number of rotatable bonds is 5. The van der Waals surface area contributed by atoms with E-state index in [0.717, 1.165) is 34.1 Å². The number of nitrogens with zero attached hydrogens (tertiary/aromatic N) is 2. The maximum Gasteiger partial charge on any atom is 0.237 e. The molecule has 0 N–H and O–H groups in total. The molecule has 0 aliphatic rings. The number of aliphatic imine (C=N–C) groups is 1. The van der Waals surface area contributed by atoms with Gasteiger partial charge in [-0.2, -0.15) is 5.26 Å². The Labute approximate surface area is 199 Å². The minimum absolute atomic E-state index is 0.345. The fraction of sp³-hybridized carbons (Fsp3) is 0.143. The molecular formula is C21H15BrI2N2O2. The standard InChI is InChI=1S/C21H15BrI2N2O2/c1-12-13(2)28-21(17(12)9-25)26-10-15-7-18(23)20(19(24)8-15)27-11-14-3-5-16(22)6-4-14/h3-8,10H,11H2,1-2H3. The first-order valence-corrected chi connectivity index (χ1v) is 11.2. The Bertz CT molecular complexity index is 1060. The van der Waals surface area contributed by atoms with Gasteiger partial charge in [-0.25, -0.2) is 4.99 Å². The van der Waals surface area contributed by atoms with Crippen LogP contribution in [0.1, 0.15) is 28.0 Å². The highest BCUT2D eigenvalue weighted by Gasteiger charge is 2.13. The van der Waals surface area contributed by atoms with E-state index in [1.54, 1.807) is 6.21 Å². The fourth-order valence-electron chi connectivity index (χ4n) is 2.49. The van der Waals surface area contributed by atoms with Gasteiger partial charge in [0.2, 0.25) is 5.88 Å². The molecule has 28 heavy (non-hydrogen) atoms. The quantitative estimate of drug-likeness (QED) is 0.217. The molecule has 0 aliphatic heterocycles. The summed E-state index contributed by atoms with van der Waals surface area (Å²) in [5.41, 5.74) is 3.33. The molecule has 0 amide bonds. The average Bonchev–Trinajstić information content (AvgIpc) is 2.94. The molecule has 1 aromatic heterocycles. The Balaban J connectivity index is 1.79. The number of nitriles is 1. The Kier molecular flexibility index (Phi) is 7.17. The van der Waals surface area contributed by atoms with Gasteiger partial charge in [-0.15, -0.1) is 0 Å². The fourth-order valence-corrected chi connectivity index (χ4v) is 4.88. The van der Waals surface area contributed by atoms with Crippen LogP contribution in [0.4, 0.5) is 5.88 Å².